The molecule has 1 aliphatic heterocycles. The number of nitrogens with zero attached hydrogens (tertiary/aromatic N) is 1. The predicted octanol–water partition coefficient (Wildman–Crippen LogP) is 4.43. The third kappa shape index (κ3) is 6.16. The van der Waals surface area contributed by atoms with Gasteiger partial charge in [-0.3, -0.25) is 9.45 Å². The Hall–Kier alpha value is -0.390. The van der Waals surface area contributed by atoms with Crippen LogP contribution in [0.3, 0.4) is 0 Å². The summed E-state index contributed by atoms with van der Waals surface area (Å²) in [6.07, 6.45) is 16.7. The number of hydrogen-bond donors (Lipinski definition) is 1. The molecule has 24 heavy (non-hydrogen) atoms. The Bertz CT molecular complexity index is 479. The first-order chi connectivity index (χ1) is 11.5. The number of piperidine rings is 1. The largest absolute Gasteiger partial charge is 0.298 e. The van der Waals surface area contributed by atoms with Crippen molar-refractivity contribution in [2.24, 2.45) is 5.92 Å². The van der Waals surface area contributed by atoms with Gasteiger partial charge in [0.25, 0.3) is 10.1 Å². The van der Waals surface area contributed by atoms with Gasteiger partial charge in [-0.2, -0.15) is 8.42 Å². The maximum atomic E-state index is 11.0. The molecule has 2 fully saturated rings. The first-order valence-corrected chi connectivity index (χ1v) is 11.4. The number of allylic oxidation sites excluding steroid dienone is 1. The highest BCUT2D eigenvalue weighted by molar-refractivity contribution is 7.85. The summed E-state index contributed by atoms with van der Waals surface area (Å²) in [5.74, 6) is 0.468. The minimum absolute atomic E-state index is 0.121. The van der Waals surface area contributed by atoms with Gasteiger partial charge in [0.1, 0.15) is 0 Å². The molecule has 0 radical (unpaired) electrons. The molecule has 1 saturated heterocycles. The molecule has 4 nitrogen and oxygen atoms in total. The second-order valence-electron chi connectivity index (χ2n) is 7.81. The Morgan fingerprint density at radius 2 is 1.67 bits per heavy atom. The molecule has 1 N–H and O–H groups in total. The molecule has 0 aromatic carbocycles. The highest BCUT2D eigenvalue weighted by Crippen LogP contribution is 2.41. The maximum absolute atomic E-state index is 11.0. The van der Waals surface area contributed by atoms with Crippen LogP contribution >= 0.6 is 0 Å². The van der Waals surface area contributed by atoms with Crippen LogP contribution in [-0.4, -0.2) is 42.3 Å². The topological polar surface area (TPSA) is 57.6 Å². The zero-order valence-electron chi connectivity index (χ0n) is 15.1. The van der Waals surface area contributed by atoms with Crippen LogP contribution in [0.5, 0.6) is 0 Å². The van der Waals surface area contributed by atoms with E-state index in [-0.39, 0.29) is 11.3 Å². The molecule has 0 aromatic rings. The normalized spacial score (nSPS) is 27.0. The molecule has 0 amide bonds. The fraction of sp³-hybridized carbons (Fsp3) is 0.895. The molecule has 1 saturated carbocycles. The molecule has 2 rings (SSSR count). The van der Waals surface area contributed by atoms with Gasteiger partial charge in [-0.05, 0) is 51.1 Å². The average Bonchev–Trinajstić information content (AvgIpc) is 2.54. The third-order valence-corrected chi connectivity index (χ3v) is 6.84. The molecule has 0 bridgehead atoms. The van der Waals surface area contributed by atoms with E-state index in [1.165, 1.54) is 64.2 Å². The second-order valence-corrected chi connectivity index (χ2v) is 9.39. The highest BCUT2D eigenvalue weighted by Gasteiger charge is 2.40. The van der Waals surface area contributed by atoms with Crippen LogP contribution in [0.15, 0.2) is 12.7 Å². The van der Waals surface area contributed by atoms with Gasteiger partial charge in [-0.15, -0.1) is 6.58 Å². The molecule has 5 heteroatoms. The van der Waals surface area contributed by atoms with E-state index in [1.54, 1.807) is 0 Å². The molecule has 1 aliphatic carbocycles. The molecule has 1 spiro atoms. The molecule has 140 valence electrons. The summed E-state index contributed by atoms with van der Waals surface area (Å²) in [7, 11) is -3.85. The Kier molecular flexibility index (Phi) is 7.76. The molecule has 0 aromatic heterocycles. The molecule has 1 unspecified atom stereocenters. The fourth-order valence-electron chi connectivity index (χ4n) is 4.70. The highest BCUT2D eigenvalue weighted by atomic mass is 32.2. The first kappa shape index (κ1) is 19.9. The van der Waals surface area contributed by atoms with Crippen molar-refractivity contribution in [1.82, 2.24) is 4.90 Å². The summed E-state index contributed by atoms with van der Waals surface area (Å²) in [6.45, 7) is 5.84. The van der Waals surface area contributed by atoms with Crippen molar-refractivity contribution in [2.75, 3.05) is 18.8 Å². The van der Waals surface area contributed by atoms with Gasteiger partial charge >= 0.3 is 0 Å². The maximum Gasteiger partial charge on any atom is 0.264 e. The summed E-state index contributed by atoms with van der Waals surface area (Å²) in [6, 6.07) is 0. The van der Waals surface area contributed by atoms with E-state index in [0.717, 1.165) is 19.5 Å². The summed E-state index contributed by atoms with van der Waals surface area (Å²) in [4.78, 5) is 2.56. The van der Waals surface area contributed by atoms with Crippen LogP contribution in [0.25, 0.3) is 0 Å². The van der Waals surface area contributed by atoms with E-state index in [4.69, 9.17) is 4.55 Å². The van der Waals surface area contributed by atoms with E-state index in [9.17, 15) is 8.42 Å². The van der Waals surface area contributed by atoms with Crippen molar-refractivity contribution in [3.8, 4) is 0 Å². The lowest BCUT2D eigenvalue weighted by atomic mass is 9.73. The SMILES string of the molecule is C=CC1CCN(CCCS(=O)(=O)O)C2(CCCCCCCCC2)C1. The molecule has 1 atom stereocenters. The van der Waals surface area contributed by atoms with Crippen LogP contribution in [0, 0.1) is 5.92 Å². The van der Waals surface area contributed by atoms with E-state index in [1.807, 2.05) is 0 Å². The zero-order valence-corrected chi connectivity index (χ0v) is 15.9. The summed E-state index contributed by atoms with van der Waals surface area (Å²) < 4.78 is 31.1. The molecule has 2 aliphatic rings. The summed E-state index contributed by atoms with van der Waals surface area (Å²) in [5, 5.41) is 0. The predicted molar refractivity (Wildman–Crippen MR) is 99.8 cm³/mol. The number of hydrogen-bond acceptors (Lipinski definition) is 3. The van der Waals surface area contributed by atoms with Crippen LogP contribution in [0.4, 0.5) is 0 Å². The molecular weight excluding hydrogens is 322 g/mol. The van der Waals surface area contributed by atoms with Gasteiger partial charge in [0.05, 0.1) is 5.75 Å². The van der Waals surface area contributed by atoms with E-state index in [0.29, 0.717) is 12.3 Å². The van der Waals surface area contributed by atoms with Crippen molar-refractivity contribution in [1.29, 1.82) is 0 Å². The lowest BCUT2D eigenvalue weighted by molar-refractivity contribution is 0.0108. The average molecular weight is 358 g/mol. The van der Waals surface area contributed by atoms with Crippen molar-refractivity contribution in [3.63, 3.8) is 0 Å². The smallest absolute Gasteiger partial charge is 0.264 e. The van der Waals surface area contributed by atoms with Gasteiger partial charge in [0, 0.05) is 5.54 Å². The molecular formula is C19H35NO3S. The van der Waals surface area contributed by atoms with E-state index >= 15 is 0 Å². The van der Waals surface area contributed by atoms with E-state index < -0.39 is 10.1 Å². The third-order valence-electron chi connectivity index (χ3n) is 6.03. The number of rotatable bonds is 5. The summed E-state index contributed by atoms with van der Waals surface area (Å²) in [5.41, 5.74) is 0.216. The van der Waals surface area contributed by atoms with Crippen molar-refractivity contribution < 1.29 is 13.0 Å². The standard InChI is InChI=1S/C19H35NO3S/c1-2-18-11-15-20(14-10-16-24(21,22)23)19(17-18)12-8-6-4-3-5-7-9-13-19/h2,18H,1,3-17H2,(H,21,22,23). The number of likely N-dealkylation sites (tertiary alicyclic amines) is 1. The van der Waals surface area contributed by atoms with Crippen LogP contribution in [-0.2, 0) is 10.1 Å². The Morgan fingerprint density at radius 3 is 2.21 bits per heavy atom. The second kappa shape index (κ2) is 9.35. The van der Waals surface area contributed by atoms with Gasteiger partial charge in [0.15, 0.2) is 0 Å². The van der Waals surface area contributed by atoms with Gasteiger partial charge in [0.2, 0.25) is 0 Å². The minimum Gasteiger partial charge on any atom is -0.298 e. The van der Waals surface area contributed by atoms with Crippen molar-refractivity contribution >= 4 is 10.1 Å². The molecule has 1 heterocycles. The fourth-order valence-corrected chi connectivity index (χ4v) is 5.20. The van der Waals surface area contributed by atoms with Gasteiger partial charge in [-0.1, -0.05) is 51.0 Å². The van der Waals surface area contributed by atoms with Gasteiger partial charge < -0.3 is 0 Å². The minimum atomic E-state index is -3.85. The van der Waals surface area contributed by atoms with Crippen LogP contribution in [0.2, 0.25) is 0 Å². The quantitative estimate of drug-likeness (QED) is 0.584. The van der Waals surface area contributed by atoms with E-state index in [2.05, 4.69) is 17.6 Å². The lowest BCUT2D eigenvalue weighted by Gasteiger charge is -2.50. The lowest BCUT2D eigenvalue weighted by Crippen LogP contribution is -2.54. The Labute approximate surface area is 148 Å². The Balaban J connectivity index is 2.07. The Morgan fingerprint density at radius 1 is 1.08 bits per heavy atom. The van der Waals surface area contributed by atoms with Gasteiger partial charge in [-0.25, -0.2) is 0 Å². The first-order valence-electron chi connectivity index (χ1n) is 9.78. The van der Waals surface area contributed by atoms with Crippen molar-refractivity contribution in [2.45, 2.75) is 82.6 Å². The zero-order chi connectivity index (χ0) is 17.5. The van der Waals surface area contributed by atoms with Crippen LogP contribution in [0.1, 0.15) is 77.0 Å². The van der Waals surface area contributed by atoms with Crippen LogP contribution < -0.4 is 0 Å². The monoisotopic (exact) mass is 357 g/mol. The van der Waals surface area contributed by atoms with Crippen molar-refractivity contribution in [3.05, 3.63) is 12.7 Å². The summed E-state index contributed by atoms with van der Waals surface area (Å²) >= 11 is 0.